The second-order valence-electron chi connectivity index (χ2n) is 10.0. The smallest absolute Gasteiger partial charge is 0.317 e. The number of likely N-dealkylation sites (tertiary alicyclic amines) is 1. The van der Waals surface area contributed by atoms with Crippen LogP contribution in [0.5, 0.6) is 5.75 Å². The number of methoxy groups -OCH3 is 1. The molecule has 1 aromatic heterocycles. The lowest BCUT2D eigenvalue weighted by Gasteiger charge is -2.50. The predicted octanol–water partition coefficient (Wildman–Crippen LogP) is 3.31. The summed E-state index contributed by atoms with van der Waals surface area (Å²) >= 11 is 0. The molecule has 0 aliphatic carbocycles. The number of ether oxygens (including phenoxy) is 1. The lowest BCUT2D eigenvalue weighted by molar-refractivity contribution is -0.137. The van der Waals surface area contributed by atoms with E-state index in [1.165, 1.54) is 5.56 Å². The lowest BCUT2D eigenvalue weighted by Crippen LogP contribution is -2.57. The Balaban J connectivity index is 1.82. The number of aliphatic hydroxyl groups excluding tert-OH is 1. The zero-order valence-corrected chi connectivity index (χ0v) is 21.1. The molecule has 8 heteroatoms. The normalized spacial score (nSPS) is 19.6. The van der Waals surface area contributed by atoms with Gasteiger partial charge in [-0.3, -0.25) is 4.79 Å². The van der Waals surface area contributed by atoms with E-state index < -0.39 is 0 Å². The summed E-state index contributed by atoms with van der Waals surface area (Å²) in [5, 5.41) is 14.6. The van der Waals surface area contributed by atoms with E-state index in [2.05, 4.69) is 16.0 Å². The fourth-order valence-electron chi connectivity index (χ4n) is 5.86. The van der Waals surface area contributed by atoms with Gasteiger partial charge in [0.05, 0.1) is 25.3 Å². The van der Waals surface area contributed by atoms with Crippen LogP contribution in [0, 0.1) is 0 Å². The number of aromatic nitrogens is 1. The molecule has 4 rings (SSSR count). The van der Waals surface area contributed by atoms with Crippen molar-refractivity contribution >= 4 is 22.8 Å². The molecule has 1 atom stereocenters. The van der Waals surface area contributed by atoms with Gasteiger partial charge in [-0.15, -0.1) is 0 Å². The number of aryl methyl sites for hydroxylation is 1. The number of nitrogens with one attached hydrogen (secondary N) is 1. The van der Waals surface area contributed by atoms with E-state index in [4.69, 9.17) is 4.74 Å². The molecular formula is C26H38N4O4. The third-order valence-electron chi connectivity index (χ3n) is 7.53. The maximum absolute atomic E-state index is 13.2. The number of hydrogen-bond acceptors (Lipinski definition) is 4. The van der Waals surface area contributed by atoms with Crippen molar-refractivity contribution in [3.63, 3.8) is 0 Å². The van der Waals surface area contributed by atoms with Crippen molar-refractivity contribution in [2.24, 2.45) is 7.05 Å². The van der Waals surface area contributed by atoms with Crippen LogP contribution in [0.1, 0.15) is 63.8 Å². The van der Waals surface area contributed by atoms with E-state index in [0.717, 1.165) is 41.6 Å². The molecule has 3 amide bonds. The highest BCUT2D eigenvalue weighted by molar-refractivity contribution is 5.89. The van der Waals surface area contributed by atoms with Gasteiger partial charge in [0, 0.05) is 61.7 Å². The molecule has 0 saturated carbocycles. The van der Waals surface area contributed by atoms with Gasteiger partial charge in [-0.05, 0) is 50.8 Å². The molecule has 1 saturated heterocycles. The van der Waals surface area contributed by atoms with Gasteiger partial charge < -0.3 is 29.5 Å². The Labute approximate surface area is 201 Å². The predicted molar refractivity (Wildman–Crippen MR) is 132 cm³/mol. The molecule has 2 aliphatic heterocycles. The van der Waals surface area contributed by atoms with E-state index in [9.17, 15) is 14.7 Å². The molecule has 0 bridgehead atoms. The van der Waals surface area contributed by atoms with Gasteiger partial charge in [0.1, 0.15) is 5.75 Å². The Morgan fingerprint density at radius 1 is 1.26 bits per heavy atom. The standard InChI is InChI=1S/C26H38N4O4/c1-6-7-22(32)30-16-26(10-12-29(13-11-26)25(33)27-17(2)3)23-19-9-8-18(34-5)14-20(19)28(4)24(23)21(30)15-31/h8-9,14,17,21,31H,6-7,10-13,15-16H2,1-5H3,(H,27,33)/t21-/m1/s1. The first-order valence-corrected chi connectivity index (χ1v) is 12.4. The van der Waals surface area contributed by atoms with Gasteiger partial charge >= 0.3 is 6.03 Å². The van der Waals surface area contributed by atoms with Crippen LogP contribution in [0.15, 0.2) is 18.2 Å². The maximum Gasteiger partial charge on any atom is 0.317 e. The number of amides is 3. The molecule has 8 nitrogen and oxygen atoms in total. The number of urea groups is 1. The fourth-order valence-corrected chi connectivity index (χ4v) is 5.86. The lowest BCUT2D eigenvalue weighted by atomic mass is 9.68. The van der Waals surface area contributed by atoms with Gasteiger partial charge in [-0.2, -0.15) is 0 Å². The Morgan fingerprint density at radius 2 is 1.97 bits per heavy atom. The molecule has 186 valence electrons. The van der Waals surface area contributed by atoms with Crippen LogP contribution in [-0.2, 0) is 17.3 Å². The molecule has 1 spiro atoms. The number of benzene rings is 1. The molecule has 2 aromatic rings. The summed E-state index contributed by atoms with van der Waals surface area (Å²) in [5.74, 6) is 0.855. The minimum Gasteiger partial charge on any atom is -0.497 e. The third-order valence-corrected chi connectivity index (χ3v) is 7.53. The van der Waals surface area contributed by atoms with Gasteiger partial charge in [0.15, 0.2) is 0 Å². The van der Waals surface area contributed by atoms with Gasteiger partial charge in [-0.1, -0.05) is 6.92 Å². The maximum atomic E-state index is 13.2. The minimum atomic E-state index is -0.384. The Hall–Kier alpha value is -2.74. The summed E-state index contributed by atoms with van der Waals surface area (Å²) in [5.41, 5.74) is 2.98. The van der Waals surface area contributed by atoms with Crippen LogP contribution in [0.25, 0.3) is 10.9 Å². The number of rotatable bonds is 5. The van der Waals surface area contributed by atoms with Crippen LogP contribution >= 0.6 is 0 Å². The van der Waals surface area contributed by atoms with Crippen molar-refractivity contribution in [3.8, 4) is 5.75 Å². The number of aliphatic hydroxyl groups is 1. The van der Waals surface area contributed by atoms with Crippen LogP contribution in [-0.4, -0.2) is 70.8 Å². The molecule has 34 heavy (non-hydrogen) atoms. The quantitative estimate of drug-likeness (QED) is 0.702. The molecule has 1 aromatic carbocycles. The zero-order valence-electron chi connectivity index (χ0n) is 21.1. The van der Waals surface area contributed by atoms with Crippen molar-refractivity contribution in [3.05, 3.63) is 29.5 Å². The molecule has 0 radical (unpaired) electrons. The monoisotopic (exact) mass is 470 g/mol. The van der Waals surface area contributed by atoms with E-state index in [1.54, 1.807) is 7.11 Å². The first kappa shape index (κ1) is 24.4. The van der Waals surface area contributed by atoms with Crippen LogP contribution in [0.3, 0.4) is 0 Å². The van der Waals surface area contributed by atoms with Crippen molar-refractivity contribution in [1.29, 1.82) is 0 Å². The summed E-state index contributed by atoms with van der Waals surface area (Å²) in [7, 11) is 3.67. The summed E-state index contributed by atoms with van der Waals surface area (Å²) in [6.07, 6.45) is 2.76. The largest absolute Gasteiger partial charge is 0.497 e. The van der Waals surface area contributed by atoms with Crippen LogP contribution < -0.4 is 10.1 Å². The van der Waals surface area contributed by atoms with E-state index in [0.29, 0.717) is 26.1 Å². The van der Waals surface area contributed by atoms with E-state index in [-0.39, 0.29) is 36.0 Å². The average molecular weight is 471 g/mol. The molecule has 2 aliphatic rings. The summed E-state index contributed by atoms with van der Waals surface area (Å²) in [4.78, 5) is 29.7. The number of nitrogens with zero attached hydrogens (tertiary/aromatic N) is 3. The SMILES string of the molecule is CCCC(=O)N1CC2(CCN(C(=O)NC(C)C)CC2)c2c(n(C)c3cc(OC)ccc23)[C@H]1CO. The number of carbonyl (C=O) groups is 2. The molecule has 3 heterocycles. The number of piperidine rings is 1. The Kier molecular flexibility index (Phi) is 6.80. The van der Waals surface area contributed by atoms with Crippen molar-refractivity contribution < 1.29 is 19.4 Å². The average Bonchev–Trinajstić information content (AvgIpc) is 3.12. The summed E-state index contributed by atoms with van der Waals surface area (Å²) in [6.45, 7) is 7.64. The molecular weight excluding hydrogens is 432 g/mol. The topological polar surface area (TPSA) is 87.0 Å². The van der Waals surface area contributed by atoms with Crippen molar-refractivity contribution in [2.75, 3.05) is 33.4 Å². The van der Waals surface area contributed by atoms with Gasteiger partial charge in [-0.25, -0.2) is 4.79 Å². The highest BCUT2D eigenvalue weighted by atomic mass is 16.5. The number of hydrogen-bond donors (Lipinski definition) is 2. The number of fused-ring (bicyclic) bond motifs is 4. The van der Waals surface area contributed by atoms with Gasteiger partial charge in [0.25, 0.3) is 0 Å². The second kappa shape index (κ2) is 9.49. The van der Waals surface area contributed by atoms with Crippen molar-refractivity contribution in [2.45, 2.75) is 64.0 Å². The zero-order chi connectivity index (χ0) is 24.6. The van der Waals surface area contributed by atoms with E-state index >= 15 is 0 Å². The highest BCUT2D eigenvalue weighted by Crippen LogP contribution is 2.50. The summed E-state index contributed by atoms with van der Waals surface area (Å²) < 4.78 is 7.61. The first-order chi connectivity index (χ1) is 16.3. The van der Waals surface area contributed by atoms with Gasteiger partial charge in [0.2, 0.25) is 5.91 Å². The third kappa shape index (κ3) is 4.02. The Morgan fingerprint density at radius 3 is 2.56 bits per heavy atom. The van der Waals surface area contributed by atoms with Crippen LogP contribution in [0.2, 0.25) is 0 Å². The highest BCUT2D eigenvalue weighted by Gasteiger charge is 2.49. The summed E-state index contributed by atoms with van der Waals surface area (Å²) in [6, 6.07) is 5.78. The van der Waals surface area contributed by atoms with Crippen LogP contribution in [0.4, 0.5) is 4.79 Å². The molecule has 0 unspecified atom stereocenters. The number of carbonyl (C=O) groups excluding carboxylic acids is 2. The van der Waals surface area contributed by atoms with Crippen molar-refractivity contribution in [1.82, 2.24) is 19.7 Å². The second-order valence-corrected chi connectivity index (χ2v) is 10.0. The Bertz CT molecular complexity index is 1070. The fraction of sp³-hybridized carbons (Fsp3) is 0.615. The molecule has 1 fully saturated rings. The molecule has 2 N–H and O–H groups in total. The minimum absolute atomic E-state index is 0.0318. The van der Waals surface area contributed by atoms with E-state index in [1.807, 2.05) is 49.8 Å². The first-order valence-electron chi connectivity index (χ1n) is 12.4.